The minimum absolute atomic E-state index is 0.178. The zero-order chi connectivity index (χ0) is 25.1. The lowest BCUT2D eigenvalue weighted by Crippen LogP contribution is -2.21. The van der Waals surface area contributed by atoms with E-state index in [-0.39, 0.29) is 5.91 Å². The minimum atomic E-state index is -0.543. The molecule has 0 fully saturated rings. The number of carbonyl (C=O) groups excluding carboxylic acids is 3. The Balaban J connectivity index is 1.35. The first-order valence-electron chi connectivity index (χ1n) is 11.5. The predicted molar refractivity (Wildman–Crippen MR) is 142 cm³/mol. The molecule has 7 nitrogen and oxygen atoms in total. The van der Waals surface area contributed by atoms with Gasteiger partial charge in [0, 0.05) is 28.6 Å². The van der Waals surface area contributed by atoms with E-state index in [1.54, 1.807) is 35.6 Å². The van der Waals surface area contributed by atoms with Gasteiger partial charge in [-0.15, -0.1) is 11.3 Å². The average Bonchev–Trinajstić information content (AvgIpc) is 3.52. The standard InChI is InChI=1S/C28H23N3O4S/c1-17(32)29-19-9-11-20(12-10-19)30-25(33)16-35-28(34)26-22-6-2-3-7-24(22)31-27-18(8-13-23(26)27)15-21-5-4-14-36-21/h2-7,9-12,14-15H,8,13,16H2,1H3,(H,29,32)(H,30,33)/b18-15+. The molecule has 0 saturated heterocycles. The topological polar surface area (TPSA) is 97.4 Å². The summed E-state index contributed by atoms with van der Waals surface area (Å²) in [4.78, 5) is 42.9. The maximum atomic E-state index is 13.3. The second-order valence-electron chi connectivity index (χ2n) is 8.40. The minimum Gasteiger partial charge on any atom is -0.452 e. The summed E-state index contributed by atoms with van der Waals surface area (Å²) in [6, 6.07) is 18.2. The number of carbonyl (C=O) groups is 3. The number of fused-ring (bicyclic) bond motifs is 2. The SMILES string of the molecule is CC(=O)Nc1ccc(NC(=O)COC(=O)c2c3c(nc4ccccc24)/C(=C/c2cccs2)CC3)cc1. The highest BCUT2D eigenvalue weighted by Gasteiger charge is 2.28. The van der Waals surface area contributed by atoms with Crippen molar-refractivity contribution in [3.8, 4) is 0 Å². The Labute approximate surface area is 211 Å². The number of esters is 1. The Morgan fingerprint density at radius 2 is 1.72 bits per heavy atom. The first-order chi connectivity index (χ1) is 17.5. The molecule has 1 aliphatic rings. The number of hydrogen-bond acceptors (Lipinski definition) is 6. The summed E-state index contributed by atoms with van der Waals surface area (Å²) < 4.78 is 5.46. The quantitative estimate of drug-likeness (QED) is 0.341. The van der Waals surface area contributed by atoms with E-state index in [0.29, 0.717) is 34.3 Å². The summed E-state index contributed by atoms with van der Waals surface area (Å²) >= 11 is 1.66. The molecule has 36 heavy (non-hydrogen) atoms. The van der Waals surface area contributed by atoms with Crippen molar-refractivity contribution in [2.45, 2.75) is 19.8 Å². The molecule has 2 amide bonds. The molecular weight excluding hydrogens is 474 g/mol. The third-order valence-corrected chi connectivity index (χ3v) is 6.65. The lowest BCUT2D eigenvalue weighted by Gasteiger charge is -2.12. The van der Waals surface area contributed by atoms with Crippen LogP contribution in [0.1, 0.15) is 39.8 Å². The number of amides is 2. The lowest BCUT2D eigenvalue weighted by molar-refractivity contribution is -0.119. The van der Waals surface area contributed by atoms with Crippen molar-refractivity contribution in [1.82, 2.24) is 4.98 Å². The van der Waals surface area contributed by atoms with Crippen LogP contribution < -0.4 is 10.6 Å². The lowest BCUT2D eigenvalue weighted by atomic mass is 10.0. The molecule has 0 unspecified atom stereocenters. The van der Waals surface area contributed by atoms with Gasteiger partial charge >= 0.3 is 5.97 Å². The zero-order valence-electron chi connectivity index (χ0n) is 19.5. The molecule has 0 aliphatic heterocycles. The molecule has 2 aromatic heterocycles. The van der Waals surface area contributed by atoms with Gasteiger partial charge in [-0.1, -0.05) is 24.3 Å². The van der Waals surface area contributed by atoms with E-state index in [2.05, 4.69) is 22.8 Å². The fourth-order valence-corrected chi connectivity index (χ4v) is 4.98. The number of ether oxygens (including phenoxy) is 1. The highest BCUT2D eigenvalue weighted by molar-refractivity contribution is 7.10. The van der Waals surface area contributed by atoms with Gasteiger partial charge < -0.3 is 15.4 Å². The number of pyridine rings is 1. The molecule has 4 aromatic rings. The number of hydrogen-bond donors (Lipinski definition) is 2. The van der Waals surface area contributed by atoms with Gasteiger partial charge in [-0.2, -0.15) is 0 Å². The van der Waals surface area contributed by atoms with Crippen molar-refractivity contribution in [3.05, 3.63) is 87.7 Å². The predicted octanol–water partition coefficient (Wildman–Crippen LogP) is 5.54. The Bertz CT molecular complexity index is 1490. The molecule has 2 N–H and O–H groups in total. The van der Waals surface area contributed by atoms with Crippen molar-refractivity contribution in [3.63, 3.8) is 0 Å². The van der Waals surface area contributed by atoms with Gasteiger partial charge in [0.25, 0.3) is 5.91 Å². The number of aromatic nitrogens is 1. The van der Waals surface area contributed by atoms with Crippen molar-refractivity contribution in [2.75, 3.05) is 17.2 Å². The van der Waals surface area contributed by atoms with E-state index in [9.17, 15) is 14.4 Å². The van der Waals surface area contributed by atoms with Crippen LogP contribution in [0.2, 0.25) is 0 Å². The number of benzene rings is 2. The van der Waals surface area contributed by atoms with E-state index in [1.165, 1.54) is 6.92 Å². The van der Waals surface area contributed by atoms with E-state index in [0.717, 1.165) is 28.1 Å². The first-order valence-corrected chi connectivity index (χ1v) is 12.4. The van der Waals surface area contributed by atoms with Crippen LogP contribution in [0.3, 0.4) is 0 Å². The van der Waals surface area contributed by atoms with Gasteiger partial charge in [-0.3, -0.25) is 9.59 Å². The summed E-state index contributed by atoms with van der Waals surface area (Å²) in [5.41, 5.74) is 5.10. The number of thiophene rings is 1. The van der Waals surface area contributed by atoms with Crippen molar-refractivity contribution < 1.29 is 19.1 Å². The van der Waals surface area contributed by atoms with Gasteiger partial charge in [-0.25, -0.2) is 9.78 Å². The van der Waals surface area contributed by atoms with Gasteiger partial charge in [0.2, 0.25) is 5.91 Å². The molecule has 5 rings (SSSR count). The second-order valence-corrected chi connectivity index (χ2v) is 9.38. The van der Waals surface area contributed by atoms with E-state index < -0.39 is 18.5 Å². The van der Waals surface area contributed by atoms with Crippen LogP contribution in [0.5, 0.6) is 0 Å². The molecular formula is C28H23N3O4S. The number of allylic oxidation sites excluding steroid dienone is 1. The second kappa shape index (κ2) is 10.1. The molecule has 1 aliphatic carbocycles. The third kappa shape index (κ3) is 5.04. The Morgan fingerprint density at radius 1 is 0.972 bits per heavy atom. The molecule has 0 atom stereocenters. The van der Waals surface area contributed by atoms with Crippen LogP contribution in [0, 0.1) is 0 Å². The Morgan fingerprint density at radius 3 is 2.44 bits per heavy atom. The van der Waals surface area contributed by atoms with Crippen LogP contribution in [-0.4, -0.2) is 29.4 Å². The normalized spacial score (nSPS) is 13.4. The number of para-hydroxylation sites is 1. The maximum Gasteiger partial charge on any atom is 0.339 e. The van der Waals surface area contributed by atoms with Gasteiger partial charge in [-0.05, 0) is 71.8 Å². The van der Waals surface area contributed by atoms with Crippen molar-refractivity contribution in [2.24, 2.45) is 0 Å². The van der Waals surface area contributed by atoms with Crippen LogP contribution in [0.15, 0.2) is 66.0 Å². The van der Waals surface area contributed by atoms with Crippen LogP contribution in [0.4, 0.5) is 11.4 Å². The van der Waals surface area contributed by atoms with Gasteiger partial charge in [0.1, 0.15) is 0 Å². The summed E-state index contributed by atoms with van der Waals surface area (Å²) in [6.07, 6.45) is 3.59. The summed E-state index contributed by atoms with van der Waals surface area (Å²) in [6.45, 7) is 1.00. The number of nitrogens with one attached hydrogen (secondary N) is 2. The highest BCUT2D eigenvalue weighted by atomic mass is 32.1. The highest BCUT2D eigenvalue weighted by Crippen LogP contribution is 2.38. The van der Waals surface area contributed by atoms with Crippen molar-refractivity contribution >= 4 is 63.0 Å². The van der Waals surface area contributed by atoms with E-state index in [4.69, 9.17) is 9.72 Å². The monoisotopic (exact) mass is 497 g/mol. The molecule has 0 radical (unpaired) electrons. The molecule has 0 bridgehead atoms. The molecule has 8 heteroatoms. The summed E-state index contributed by atoms with van der Waals surface area (Å²) in [7, 11) is 0. The first kappa shape index (κ1) is 23.4. The average molecular weight is 498 g/mol. The Hall–Kier alpha value is -4.30. The van der Waals surface area contributed by atoms with E-state index in [1.807, 2.05) is 35.7 Å². The molecule has 0 spiro atoms. The van der Waals surface area contributed by atoms with Crippen molar-refractivity contribution in [1.29, 1.82) is 0 Å². The van der Waals surface area contributed by atoms with E-state index >= 15 is 0 Å². The number of rotatable bonds is 6. The molecule has 2 aromatic carbocycles. The number of anilines is 2. The maximum absolute atomic E-state index is 13.3. The summed E-state index contributed by atoms with van der Waals surface area (Å²) in [5, 5.41) is 8.11. The molecule has 180 valence electrons. The van der Waals surface area contributed by atoms with Gasteiger partial charge in [0.05, 0.1) is 16.8 Å². The fourth-order valence-electron chi connectivity index (χ4n) is 4.30. The zero-order valence-corrected chi connectivity index (χ0v) is 20.4. The molecule has 0 saturated carbocycles. The van der Waals surface area contributed by atoms with Crippen LogP contribution in [-0.2, 0) is 20.7 Å². The Kier molecular flexibility index (Phi) is 6.60. The van der Waals surface area contributed by atoms with Crippen LogP contribution in [0.25, 0.3) is 22.6 Å². The number of nitrogens with zero attached hydrogens (tertiary/aromatic N) is 1. The van der Waals surface area contributed by atoms with Crippen LogP contribution >= 0.6 is 11.3 Å². The van der Waals surface area contributed by atoms with Gasteiger partial charge in [0.15, 0.2) is 6.61 Å². The summed E-state index contributed by atoms with van der Waals surface area (Å²) in [5.74, 6) is -1.18. The smallest absolute Gasteiger partial charge is 0.339 e. The third-order valence-electron chi connectivity index (χ3n) is 5.83. The fraction of sp³-hybridized carbons (Fsp3) is 0.143. The largest absolute Gasteiger partial charge is 0.452 e. The molecule has 2 heterocycles.